The maximum absolute atomic E-state index is 12.9. The molecule has 2 saturated carbocycles. The summed E-state index contributed by atoms with van der Waals surface area (Å²) in [7, 11) is 0. The molecule has 5 rings (SSSR count). The topological polar surface area (TPSA) is 57.4 Å². The van der Waals surface area contributed by atoms with Crippen LogP contribution in [0.2, 0.25) is 0 Å². The molecule has 3 fully saturated rings. The summed E-state index contributed by atoms with van der Waals surface area (Å²) in [6.45, 7) is 3.92. The number of piperazine rings is 1. The summed E-state index contributed by atoms with van der Waals surface area (Å²) in [6.07, 6.45) is 0.552. The molecule has 1 aromatic carbocycles. The van der Waals surface area contributed by atoms with Crippen LogP contribution < -0.4 is 16.0 Å². The molecule has 0 radical (unpaired) electrons. The van der Waals surface area contributed by atoms with E-state index in [0.717, 1.165) is 35.2 Å². The molecule has 2 aliphatic carbocycles. The van der Waals surface area contributed by atoms with E-state index in [1.165, 1.54) is 17.7 Å². The van der Waals surface area contributed by atoms with Gasteiger partial charge in [0, 0.05) is 48.3 Å². The standard InChI is InChI=1S/C24H32F3N5/c1-15-12-31(13-16(2)32(15)14-24(25,26)27)22-6-3-17-7-19(4-5-21(17)30-22)29-20-10-23(11-20)8-18(28)9-23/h3-7,15-16,18,20,29H,8-14,28H2,1-2H3. The molecule has 2 heterocycles. The quantitative estimate of drug-likeness (QED) is 0.729. The second kappa shape index (κ2) is 7.76. The van der Waals surface area contributed by atoms with Crippen LogP contribution in [0.3, 0.4) is 0 Å². The molecular weight excluding hydrogens is 415 g/mol. The number of halogens is 3. The third-order valence-electron chi connectivity index (χ3n) is 7.58. The number of anilines is 2. The van der Waals surface area contributed by atoms with Crippen LogP contribution >= 0.6 is 0 Å². The zero-order chi connectivity index (χ0) is 22.7. The lowest BCUT2D eigenvalue weighted by Crippen LogP contribution is -2.59. The van der Waals surface area contributed by atoms with Gasteiger partial charge in [0.05, 0.1) is 12.1 Å². The van der Waals surface area contributed by atoms with Crippen LogP contribution in [0, 0.1) is 5.41 Å². The average Bonchev–Trinajstić information content (AvgIpc) is 2.66. The van der Waals surface area contributed by atoms with Gasteiger partial charge in [-0.3, -0.25) is 4.90 Å². The number of aromatic nitrogens is 1. The Morgan fingerprint density at radius 2 is 1.75 bits per heavy atom. The third kappa shape index (κ3) is 4.27. The van der Waals surface area contributed by atoms with E-state index in [9.17, 15) is 13.2 Å². The Bertz CT molecular complexity index is 967. The Morgan fingerprint density at radius 1 is 1.06 bits per heavy atom. The van der Waals surface area contributed by atoms with Gasteiger partial charge >= 0.3 is 6.18 Å². The van der Waals surface area contributed by atoms with E-state index in [0.29, 0.717) is 30.6 Å². The summed E-state index contributed by atoms with van der Waals surface area (Å²) in [4.78, 5) is 8.46. The van der Waals surface area contributed by atoms with Crippen LogP contribution in [0.25, 0.3) is 10.9 Å². The number of nitrogens with two attached hydrogens (primary N) is 1. The van der Waals surface area contributed by atoms with E-state index < -0.39 is 12.7 Å². The van der Waals surface area contributed by atoms with E-state index in [2.05, 4.69) is 28.4 Å². The fourth-order valence-corrected chi connectivity index (χ4v) is 6.15. The van der Waals surface area contributed by atoms with Crippen molar-refractivity contribution >= 4 is 22.4 Å². The van der Waals surface area contributed by atoms with Crippen molar-refractivity contribution < 1.29 is 13.2 Å². The fourth-order valence-electron chi connectivity index (χ4n) is 6.15. The highest BCUT2D eigenvalue weighted by Crippen LogP contribution is 2.55. The Hall–Kier alpha value is -2.06. The summed E-state index contributed by atoms with van der Waals surface area (Å²) in [5, 5.41) is 4.71. The zero-order valence-electron chi connectivity index (χ0n) is 18.7. The fraction of sp³-hybridized carbons (Fsp3) is 0.625. The first-order chi connectivity index (χ1) is 15.1. The molecule has 0 amide bonds. The molecule has 5 nitrogen and oxygen atoms in total. The first-order valence-electron chi connectivity index (χ1n) is 11.6. The predicted octanol–water partition coefficient (Wildman–Crippen LogP) is 4.38. The smallest absolute Gasteiger partial charge is 0.382 e. The minimum Gasteiger partial charge on any atom is -0.382 e. The number of fused-ring (bicyclic) bond motifs is 1. The van der Waals surface area contributed by atoms with Crippen LogP contribution in [0.5, 0.6) is 0 Å². The lowest BCUT2D eigenvalue weighted by atomic mass is 9.52. The van der Waals surface area contributed by atoms with Crippen molar-refractivity contribution in [1.82, 2.24) is 9.88 Å². The second-order valence-electron chi connectivity index (χ2n) is 10.4. The number of pyridine rings is 1. The van der Waals surface area contributed by atoms with Gasteiger partial charge in [-0.1, -0.05) is 0 Å². The maximum atomic E-state index is 12.9. The van der Waals surface area contributed by atoms with E-state index in [-0.39, 0.29) is 12.1 Å². The third-order valence-corrected chi connectivity index (χ3v) is 7.58. The molecule has 0 bridgehead atoms. The first-order valence-corrected chi connectivity index (χ1v) is 11.6. The van der Waals surface area contributed by atoms with Crippen LogP contribution in [-0.4, -0.2) is 59.9 Å². The van der Waals surface area contributed by atoms with Gasteiger partial charge in [-0.25, -0.2) is 4.98 Å². The number of hydrogen-bond donors (Lipinski definition) is 2. The number of hydrogen-bond acceptors (Lipinski definition) is 5. The minimum absolute atomic E-state index is 0.194. The Labute approximate surface area is 187 Å². The van der Waals surface area contributed by atoms with Gasteiger partial charge in [0.2, 0.25) is 0 Å². The molecule has 3 N–H and O–H groups in total. The van der Waals surface area contributed by atoms with Crippen molar-refractivity contribution in [1.29, 1.82) is 0 Å². The van der Waals surface area contributed by atoms with Gasteiger partial charge in [0.25, 0.3) is 0 Å². The molecule has 3 aliphatic rings. The van der Waals surface area contributed by atoms with Crippen molar-refractivity contribution in [2.45, 2.75) is 69.9 Å². The average molecular weight is 448 g/mol. The van der Waals surface area contributed by atoms with E-state index >= 15 is 0 Å². The van der Waals surface area contributed by atoms with Gasteiger partial charge in [-0.2, -0.15) is 13.2 Å². The monoisotopic (exact) mass is 447 g/mol. The highest BCUT2D eigenvalue weighted by atomic mass is 19.4. The largest absolute Gasteiger partial charge is 0.401 e. The van der Waals surface area contributed by atoms with Gasteiger partial charge in [0.1, 0.15) is 5.82 Å². The van der Waals surface area contributed by atoms with E-state index in [4.69, 9.17) is 10.7 Å². The van der Waals surface area contributed by atoms with Crippen LogP contribution in [-0.2, 0) is 0 Å². The minimum atomic E-state index is -4.18. The highest BCUT2D eigenvalue weighted by molar-refractivity contribution is 5.84. The van der Waals surface area contributed by atoms with Crippen molar-refractivity contribution in [2.24, 2.45) is 11.1 Å². The maximum Gasteiger partial charge on any atom is 0.401 e. The molecule has 1 aromatic heterocycles. The number of nitrogens with one attached hydrogen (secondary N) is 1. The van der Waals surface area contributed by atoms with Crippen molar-refractivity contribution in [2.75, 3.05) is 29.9 Å². The number of alkyl halides is 3. The zero-order valence-corrected chi connectivity index (χ0v) is 18.7. The molecule has 2 unspecified atom stereocenters. The molecule has 1 spiro atoms. The van der Waals surface area contributed by atoms with Gasteiger partial charge in [-0.05, 0) is 75.3 Å². The highest BCUT2D eigenvalue weighted by Gasteiger charge is 2.51. The SMILES string of the molecule is CC1CN(c2ccc3cc(NC4CC5(CC(N)C5)C4)ccc3n2)CC(C)N1CC(F)(F)F. The summed E-state index contributed by atoms with van der Waals surface area (Å²) in [5.74, 6) is 0.825. The molecule has 1 aliphatic heterocycles. The molecule has 2 aromatic rings. The van der Waals surface area contributed by atoms with Crippen LogP contribution in [0.1, 0.15) is 39.5 Å². The second-order valence-corrected chi connectivity index (χ2v) is 10.4. The van der Waals surface area contributed by atoms with Crippen LogP contribution in [0.15, 0.2) is 30.3 Å². The van der Waals surface area contributed by atoms with Crippen molar-refractivity contribution in [3.05, 3.63) is 30.3 Å². The molecule has 174 valence electrons. The van der Waals surface area contributed by atoms with Gasteiger partial charge in [0.15, 0.2) is 0 Å². The first kappa shape index (κ1) is 21.8. The number of rotatable bonds is 4. The van der Waals surface area contributed by atoms with Gasteiger partial charge < -0.3 is 16.0 Å². The normalized spacial score (nSPS) is 33.2. The van der Waals surface area contributed by atoms with Crippen molar-refractivity contribution in [3.8, 4) is 0 Å². The number of nitrogens with zero attached hydrogens (tertiary/aromatic N) is 3. The molecule has 8 heteroatoms. The summed E-state index contributed by atoms with van der Waals surface area (Å²) >= 11 is 0. The predicted molar refractivity (Wildman–Crippen MR) is 122 cm³/mol. The molecule has 1 saturated heterocycles. The molecule has 2 atom stereocenters. The van der Waals surface area contributed by atoms with Gasteiger partial charge in [-0.15, -0.1) is 0 Å². The summed E-state index contributed by atoms with van der Waals surface area (Å²) in [5.41, 5.74) is 8.47. The summed E-state index contributed by atoms with van der Waals surface area (Å²) < 4.78 is 38.7. The Kier molecular flexibility index (Phi) is 5.28. The Balaban J connectivity index is 1.24. The Morgan fingerprint density at radius 3 is 2.38 bits per heavy atom. The lowest BCUT2D eigenvalue weighted by Gasteiger charge is -2.57. The number of benzene rings is 1. The molecular formula is C24H32F3N5. The molecule has 32 heavy (non-hydrogen) atoms. The van der Waals surface area contributed by atoms with Crippen LogP contribution in [0.4, 0.5) is 24.7 Å². The van der Waals surface area contributed by atoms with Crippen molar-refractivity contribution in [3.63, 3.8) is 0 Å². The lowest BCUT2D eigenvalue weighted by molar-refractivity contribution is -0.156. The van der Waals surface area contributed by atoms with E-state index in [1.54, 1.807) is 0 Å². The van der Waals surface area contributed by atoms with E-state index in [1.807, 2.05) is 26.0 Å². The summed E-state index contributed by atoms with van der Waals surface area (Å²) in [6, 6.07) is 10.8.